The van der Waals surface area contributed by atoms with Gasteiger partial charge in [-0.05, 0) is 43.2 Å². The molecule has 1 aliphatic rings. The summed E-state index contributed by atoms with van der Waals surface area (Å²) >= 11 is 0. The van der Waals surface area contributed by atoms with Crippen molar-refractivity contribution in [3.05, 3.63) is 60.6 Å². The highest BCUT2D eigenvalue weighted by molar-refractivity contribution is 5.97. The van der Waals surface area contributed by atoms with E-state index in [9.17, 15) is 9.59 Å². The zero-order valence-electron chi connectivity index (χ0n) is 14.7. The molecular formula is C21H23NO4. The molecule has 5 nitrogen and oxygen atoms in total. The van der Waals surface area contributed by atoms with Gasteiger partial charge in [0.2, 0.25) is 0 Å². The fraction of sp³-hybridized carbons (Fsp3) is 0.333. The third-order valence-corrected chi connectivity index (χ3v) is 4.51. The van der Waals surface area contributed by atoms with E-state index in [1.165, 1.54) is 24.8 Å². The highest BCUT2D eigenvalue weighted by Crippen LogP contribution is 2.27. The molecule has 1 aromatic carbocycles. The van der Waals surface area contributed by atoms with E-state index in [-0.39, 0.29) is 18.6 Å². The average molecular weight is 353 g/mol. The number of hydrogen-bond donors (Lipinski definition) is 0. The summed E-state index contributed by atoms with van der Waals surface area (Å²) in [5.74, 6) is -0.198. The number of para-hydroxylation sites is 1. The quantitative estimate of drug-likeness (QED) is 0.577. The van der Waals surface area contributed by atoms with Crippen LogP contribution in [0.15, 0.2) is 59.2 Å². The van der Waals surface area contributed by atoms with Crippen molar-refractivity contribution in [1.82, 2.24) is 0 Å². The third-order valence-electron chi connectivity index (χ3n) is 4.51. The summed E-state index contributed by atoms with van der Waals surface area (Å²) < 4.78 is 10.3. The lowest BCUT2D eigenvalue weighted by molar-refractivity contribution is -0.143. The van der Waals surface area contributed by atoms with E-state index >= 15 is 0 Å². The zero-order valence-corrected chi connectivity index (χ0v) is 14.7. The fourth-order valence-corrected chi connectivity index (χ4v) is 3.27. The van der Waals surface area contributed by atoms with E-state index in [4.69, 9.17) is 9.15 Å². The van der Waals surface area contributed by atoms with Crippen LogP contribution in [0.3, 0.4) is 0 Å². The molecule has 1 aliphatic carbocycles. The van der Waals surface area contributed by atoms with Gasteiger partial charge in [-0.15, -0.1) is 0 Å². The maximum absolute atomic E-state index is 12.8. The molecule has 1 fully saturated rings. The van der Waals surface area contributed by atoms with Crippen molar-refractivity contribution >= 4 is 23.6 Å². The summed E-state index contributed by atoms with van der Waals surface area (Å²) in [6.07, 6.45) is 9.71. The van der Waals surface area contributed by atoms with E-state index < -0.39 is 5.97 Å². The van der Waals surface area contributed by atoms with Crippen molar-refractivity contribution in [1.29, 1.82) is 0 Å². The molecule has 2 aromatic rings. The number of carbonyl (C=O) groups is 2. The van der Waals surface area contributed by atoms with Gasteiger partial charge in [0.25, 0.3) is 5.91 Å². The predicted octanol–water partition coefficient (Wildman–Crippen LogP) is 4.20. The number of amides is 1. The highest BCUT2D eigenvalue weighted by atomic mass is 16.5. The summed E-state index contributed by atoms with van der Waals surface area (Å²) in [5, 5.41) is 0. The second-order valence-corrected chi connectivity index (χ2v) is 6.35. The molecular weight excluding hydrogens is 330 g/mol. The van der Waals surface area contributed by atoms with Crippen LogP contribution >= 0.6 is 0 Å². The Morgan fingerprint density at radius 2 is 1.85 bits per heavy atom. The second kappa shape index (κ2) is 9.04. The molecule has 0 aliphatic heterocycles. The lowest BCUT2D eigenvalue weighted by Gasteiger charge is -2.34. The van der Waals surface area contributed by atoms with Gasteiger partial charge in [0.05, 0.1) is 6.26 Å². The van der Waals surface area contributed by atoms with E-state index in [0.29, 0.717) is 5.76 Å². The van der Waals surface area contributed by atoms with Crippen molar-refractivity contribution in [3.63, 3.8) is 0 Å². The zero-order chi connectivity index (χ0) is 18.2. The molecule has 136 valence electrons. The highest BCUT2D eigenvalue weighted by Gasteiger charge is 2.27. The number of hydrogen-bond acceptors (Lipinski definition) is 4. The van der Waals surface area contributed by atoms with E-state index in [1.54, 1.807) is 17.0 Å². The Labute approximate surface area is 153 Å². The van der Waals surface area contributed by atoms with Crippen LogP contribution in [0.1, 0.15) is 37.9 Å². The first kappa shape index (κ1) is 18.0. The Morgan fingerprint density at radius 1 is 1.08 bits per heavy atom. The second-order valence-electron chi connectivity index (χ2n) is 6.35. The monoisotopic (exact) mass is 353 g/mol. The fourth-order valence-electron chi connectivity index (χ4n) is 3.27. The summed E-state index contributed by atoms with van der Waals surface area (Å²) in [5.41, 5.74) is 0.853. The Kier molecular flexibility index (Phi) is 6.25. The third kappa shape index (κ3) is 4.85. The van der Waals surface area contributed by atoms with Gasteiger partial charge < -0.3 is 14.1 Å². The molecule has 1 aromatic heterocycles. The molecule has 1 amide bonds. The SMILES string of the molecule is O=C(C=Cc1ccco1)OCC(=O)N(c1ccccc1)C1CCCCC1. The first-order chi connectivity index (χ1) is 12.7. The first-order valence-electron chi connectivity index (χ1n) is 8.99. The van der Waals surface area contributed by atoms with E-state index in [1.807, 2.05) is 30.3 Å². The Hall–Kier alpha value is -2.82. The molecule has 0 atom stereocenters. The van der Waals surface area contributed by atoms with Crippen molar-refractivity contribution in [2.24, 2.45) is 0 Å². The average Bonchev–Trinajstić information content (AvgIpc) is 3.20. The summed E-state index contributed by atoms with van der Waals surface area (Å²) in [4.78, 5) is 26.4. The number of anilines is 1. The lowest BCUT2D eigenvalue weighted by Crippen LogP contribution is -2.43. The van der Waals surface area contributed by atoms with Crippen LogP contribution < -0.4 is 4.90 Å². The van der Waals surface area contributed by atoms with Gasteiger partial charge in [-0.3, -0.25) is 4.79 Å². The molecule has 0 radical (unpaired) electrons. The van der Waals surface area contributed by atoms with Crippen LogP contribution in [0.2, 0.25) is 0 Å². The van der Waals surface area contributed by atoms with Crippen LogP contribution in [0, 0.1) is 0 Å². The maximum Gasteiger partial charge on any atom is 0.331 e. The minimum Gasteiger partial charge on any atom is -0.465 e. The first-order valence-corrected chi connectivity index (χ1v) is 8.99. The molecule has 5 heteroatoms. The number of ether oxygens (including phenoxy) is 1. The minimum absolute atomic E-state index is 0.163. The molecule has 1 heterocycles. The van der Waals surface area contributed by atoms with Crippen LogP contribution in [-0.4, -0.2) is 24.5 Å². The molecule has 0 spiro atoms. The van der Waals surface area contributed by atoms with Crippen LogP contribution in [0.25, 0.3) is 6.08 Å². The van der Waals surface area contributed by atoms with E-state index in [2.05, 4.69) is 0 Å². The predicted molar refractivity (Wildman–Crippen MR) is 99.5 cm³/mol. The summed E-state index contributed by atoms with van der Waals surface area (Å²) in [6.45, 7) is -0.271. The van der Waals surface area contributed by atoms with Crippen LogP contribution in [0.4, 0.5) is 5.69 Å². The van der Waals surface area contributed by atoms with Gasteiger partial charge in [0, 0.05) is 17.8 Å². The lowest BCUT2D eigenvalue weighted by atomic mass is 9.93. The maximum atomic E-state index is 12.8. The normalized spacial score (nSPS) is 15.1. The molecule has 1 saturated carbocycles. The number of rotatable bonds is 6. The molecule has 26 heavy (non-hydrogen) atoms. The number of carbonyl (C=O) groups excluding carboxylic acids is 2. The number of nitrogens with zero attached hydrogens (tertiary/aromatic N) is 1. The van der Waals surface area contributed by atoms with Crippen molar-refractivity contribution in [2.75, 3.05) is 11.5 Å². The van der Waals surface area contributed by atoms with Gasteiger partial charge in [0.15, 0.2) is 6.61 Å². The van der Waals surface area contributed by atoms with Gasteiger partial charge in [-0.1, -0.05) is 37.5 Å². The topological polar surface area (TPSA) is 59.8 Å². The van der Waals surface area contributed by atoms with Crippen LogP contribution in [0.5, 0.6) is 0 Å². The minimum atomic E-state index is -0.564. The Balaban J connectivity index is 1.62. The molecule has 0 unspecified atom stereocenters. The smallest absolute Gasteiger partial charge is 0.331 e. The number of furan rings is 1. The molecule has 0 saturated heterocycles. The van der Waals surface area contributed by atoms with E-state index in [0.717, 1.165) is 31.4 Å². The largest absolute Gasteiger partial charge is 0.465 e. The van der Waals surface area contributed by atoms with Crippen molar-refractivity contribution < 1.29 is 18.7 Å². The van der Waals surface area contributed by atoms with Gasteiger partial charge in [0.1, 0.15) is 5.76 Å². The molecule has 0 bridgehead atoms. The number of benzene rings is 1. The summed E-state index contributed by atoms with van der Waals surface area (Å²) in [7, 11) is 0. The molecule has 0 N–H and O–H groups in total. The van der Waals surface area contributed by atoms with Gasteiger partial charge in [-0.2, -0.15) is 0 Å². The Bertz CT molecular complexity index is 731. The van der Waals surface area contributed by atoms with Gasteiger partial charge >= 0.3 is 5.97 Å². The standard InChI is InChI=1S/C21H23NO4/c23-20(16-26-21(24)14-13-19-12-7-15-25-19)22(17-8-3-1-4-9-17)18-10-5-2-6-11-18/h1,3-4,7-9,12-15,18H,2,5-6,10-11,16H2. The van der Waals surface area contributed by atoms with Gasteiger partial charge in [-0.25, -0.2) is 4.79 Å². The Morgan fingerprint density at radius 3 is 2.54 bits per heavy atom. The van der Waals surface area contributed by atoms with Crippen molar-refractivity contribution in [2.45, 2.75) is 38.1 Å². The molecule has 3 rings (SSSR count). The summed E-state index contributed by atoms with van der Waals surface area (Å²) in [6, 6.07) is 13.2. The van der Waals surface area contributed by atoms with Crippen LogP contribution in [-0.2, 0) is 14.3 Å². The number of esters is 1. The van der Waals surface area contributed by atoms with Crippen molar-refractivity contribution in [3.8, 4) is 0 Å².